The maximum Gasteiger partial charge on any atom is 0.406 e. The molecular formula is C12H11N5O5S. The highest BCUT2D eigenvalue weighted by Crippen LogP contribution is 2.25. The smallest absolute Gasteiger partial charge is 0.360 e. The first-order valence-electron chi connectivity index (χ1n) is 6.39. The van der Waals surface area contributed by atoms with Crippen molar-refractivity contribution in [1.29, 1.82) is 0 Å². The molecule has 1 aromatic heterocycles. The number of nitrogens with zero attached hydrogens (tertiary/aromatic N) is 3. The molecule has 0 aliphatic carbocycles. The lowest BCUT2D eigenvalue weighted by Gasteiger charge is -2.07. The number of hydrogen-bond donors (Lipinski definition) is 2. The third-order valence-corrected chi connectivity index (χ3v) is 4.73. The lowest BCUT2D eigenvalue weighted by Crippen LogP contribution is -2.20. The monoisotopic (exact) mass is 337 g/mol. The molecule has 0 radical (unpaired) electrons. The van der Waals surface area contributed by atoms with Crippen molar-refractivity contribution in [3.8, 4) is 0 Å². The van der Waals surface area contributed by atoms with Crippen molar-refractivity contribution in [3.05, 3.63) is 45.8 Å². The van der Waals surface area contributed by atoms with Crippen molar-refractivity contribution < 1.29 is 18.1 Å². The summed E-state index contributed by atoms with van der Waals surface area (Å²) in [5.74, 6) is -0.785. The molecule has 10 nitrogen and oxygen atoms in total. The van der Waals surface area contributed by atoms with Gasteiger partial charge in [0, 0.05) is 13.6 Å². The maximum atomic E-state index is 11.8. The van der Waals surface area contributed by atoms with E-state index in [2.05, 4.69) is 10.3 Å². The van der Waals surface area contributed by atoms with E-state index >= 15 is 0 Å². The number of aromatic nitrogens is 2. The van der Waals surface area contributed by atoms with Gasteiger partial charge in [-0.15, -0.1) is 0 Å². The summed E-state index contributed by atoms with van der Waals surface area (Å²) in [6.45, 7) is 0.136. The maximum absolute atomic E-state index is 11.8. The van der Waals surface area contributed by atoms with E-state index in [0.29, 0.717) is 5.56 Å². The molecule has 2 aromatic rings. The van der Waals surface area contributed by atoms with E-state index < -0.39 is 20.9 Å². The van der Waals surface area contributed by atoms with Gasteiger partial charge in [-0.25, -0.2) is 13.1 Å². The summed E-state index contributed by atoms with van der Waals surface area (Å²) in [5.41, 5.74) is 0.639. The Balaban J connectivity index is 1.88. The Morgan fingerprint density at radius 3 is 2.87 bits per heavy atom. The first-order valence-corrected chi connectivity index (χ1v) is 7.87. The van der Waals surface area contributed by atoms with Gasteiger partial charge in [0.2, 0.25) is 12.1 Å². The van der Waals surface area contributed by atoms with E-state index in [0.717, 1.165) is 0 Å². The zero-order valence-corrected chi connectivity index (χ0v) is 12.6. The van der Waals surface area contributed by atoms with Crippen LogP contribution in [0.2, 0.25) is 0 Å². The summed E-state index contributed by atoms with van der Waals surface area (Å²) in [4.78, 5) is 25.4. The minimum atomic E-state index is -3.83. The molecule has 1 aromatic carbocycles. The molecule has 0 atom stereocenters. The van der Waals surface area contributed by atoms with E-state index in [1.54, 1.807) is 13.1 Å². The number of aryl methyl sites for hydroxylation is 1. The van der Waals surface area contributed by atoms with E-state index in [9.17, 15) is 23.3 Å². The number of rotatable bonds is 4. The molecule has 0 spiro atoms. The molecule has 2 N–H and O–H groups in total. The largest absolute Gasteiger partial charge is 0.406 e. The highest BCUT2D eigenvalue weighted by atomic mass is 32.2. The highest BCUT2D eigenvalue weighted by molar-refractivity contribution is 7.90. The van der Waals surface area contributed by atoms with Gasteiger partial charge in [-0.1, -0.05) is 6.07 Å². The van der Waals surface area contributed by atoms with Gasteiger partial charge in [-0.2, -0.15) is 0 Å². The summed E-state index contributed by atoms with van der Waals surface area (Å²) in [7, 11) is -2.24. The van der Waals surface area contributed by atoms with Gasteiger partial charge in [0.15, 0.2) is 0 Å². The molecule has 0 saturated carbocycles. The van der Waals surface area contributed by atoms with Crippen molar-refractivity contribution >= 4 is 27.6 Å². The molecule has 0 fully saturated rings. The number of nitro groups is 1. The Morgan fingerprint density at radius 1 is 1.43 bits per heavy atom. The SMILES string of the molecule is Cn1cnc([N+](=O)[O-])c1NCc1ccc2c(c1)S(=O)(=O)NC2=O. The zero-order valence-electron chi connectivity index (χ0n) is 11.8. The van der Waals surface area contributed by atoms with Crippen LogP contribution < -0.4 is 10.0 Å². The van der Waals surface area contributed by atoms with Crippen molar-refractivity contribution in [3.63, 3.8) is 0 Å². The Labute approximate surface area is 130 Å². The molecule has 0 bridgehead atoms. The second kappa shape index (κ2) is 5.05. The molecule has 1 aliphatic heterocycles. The number of imidazole rings is 1. The topological polar surface area (TPSA) is 136 Å². The molecular weight excluding hydrogens is 326 g/mol. The van der Waals surface area contributed by atoms with Gasteiger partial charge < -0.3 is 15.4 Å². The molecule has 120 valence electrons. The van der Waals surface area contributed by atoms with Crippen LogP contribution in [0, 0.1) is 10.1 Å². The summed E-state index contributed by atoms with van der Waals surface area (Å²) < 4.78 is 26.9. The summed E-state index contributed by atoms with van der Waals surface area (Å²) in [6.07, 6.45) is 1.30. The second-order valence-electron chi connectivity index (χ2n) is 4.90. The molecule has 23 heavy (non-hydrogen) atoms. The van der Waals surface area contributed by atoms with Gasteiger partial charge in [-0.3, -0.25) is 9.36 Å². The average Bonchev–Trinajstić information content (AvgIpc) is 2.95. The Morgan fingerprint density at radius 2 is 2.17 bits per heavy atom. The molecule has 3 rings (SSSR count). The van der Waals surface area contributed by atoms with Crippen LogP contribution in [0.5, 0.6) is 0 Å². The Hall–Kier alpha value is -2.95. The minimum absolute atomic E-state index is 0.0836. The number of nitrogens with one attached hydrogen (secondary N) is 2. The van der Waals surface area contributed by atoms with Crippen molar-refractivity contribution in [2.24, 2.45) is 7.05 Å². The highest BCUT2D eigenvalue weighted by Gasteiger charge is 2.32. The molecule has 11 heteroatoms. The van der Waals surface area contributed by atoms with Gasteiger partial charge >= 0.3 is 5.82 Å². The Kier molecular flexibility index (Phi) is 3.29. The fraction of sp³-hybridized carbons (Fsp3) is 0.167. The molecule has 0 unspecified atom stereocenters. The number of fused-ring (bicyclic) bond motifs is 1. The predicted octanol–water partition coefficient (Wildman–Crippen LogP) is 0.372. The number of anilines is 1. The van der Waals surface area contributed by atoms with Crippen molar-refractivity contribution in [1.82, 2.24) is 14.3 Å². The minimum Gasteiger partial charge on any atom is -0.360 e. The molecule has 2 heterocycles. The van der Waals surface area contributed by atoms with Crippen LogP contribution in [0.1, 0.15) is 15.9 Å². The number of carbonyl (C=O) groups excluding carboxylic acids is 1. The van der Waals surface area contributed by atoms with Crippen LogP contribution in [0.4, 0.5) is 11.6 Å². The molecule has 0 saturated heterocycles. The molecule has 1 aliphatic rings. The van der Waals surface area contributed by atoms with Gasteiger partial charge in [-0.05, 0) is 27.6 Å². The number of amides is 1. The predicted molar refractivity (Wildman–Crippen MR) is 78.3 cm³/mol. The van der Waals surface area contributed by atoms with E-state index in [-0.39, 0.29) is 28.6 Å². The summed E-state index contributed by atoms with van der Waals surface area (Å²) >= 11 is 0. The van der Waals surface area contributed by atoms with Crippen LogP contribution in [-0.2, 0) is 23.6 Å². The fourth-order valence-electron chi connectivity index (χ4n) is 2.26. The number of hydrogen-bond acceptors (Lipinski definition) is 7. The summed E-state index contributed by atoms with van der Waals surface area (Å²) in [5, 5.41) is 13.7. The van der Waals surface area contributed by atoms with Gasteiger partial charge in [0.25, 0.3) is 15.9 Å². The first kappa shape index (κ1) is 15.0. The number of carbonyl (C=O) groups is 1. The van der Waals surface area contributed by atoms with Crippen LogP contribution in [0.25, 0.3) is 0 Å². The average molecular weight is 337 g/mol. The van der Waals surface area contributed by atoms with Crippen LogP contribution >= 0.6 is 0 Å². The van der Waals surface area contributed by atoms with Crippen LogP contribution in [0.3, 0.4) is 0 Å². The summed E-state index contributed by atoms with van der Waals surface area (Å²) in [6, 6.07) is 4.34. The standard InChI is InChI=1S/C12H11N5O5S/c1-16-6-14-11(17(19)20)10(16)13-5-7-2-3-8-9(4-7)23(21,22)15-12(8)18/h2-4,6,13H,5H2,1H3,(H,15,18). The Bertz CT molecular complexity index is 933. The van der Waals surface area contributed by atoms with Crippen LogP contribution in [-0.4, -0.2) is 28.8 Å². The third-order valence-electron chi connectivity index (χ3n) is 3.36. The second-order valence-corrected chi connectivity index (χ2v) is 6.55. The molecule has 1 amide bonds. The number of sulfonamides is 1. The lowest BCUT2D eigenvalue weighted by atomic mass is 10.1. The van der Waals surface area contributed by atoms with Crippen molar-refractivity contribution in [2.45, 2.75) is 11.4 Å². The zero-order chi connectivity index (χ0) is 16.8. The van der Waals surface area contributed by atoms with Gasteiger partial charge in [0.05, 0.1) is 5.56 Å². The van der Waals surface area contributed by atoms with E-state index in [1.165, 1.54) is 23.0 Å². The fourth-order valence-corrected chi connectivity index (χ4v) is 3.48. The lowest BCUT2D eigenvalue weighted by molar-refractivity contribution is -0.388. The third kappa shape index (κ3) is 2.50. The van der Waals surface area contributed by atoms with Crippen LogP contribution in [0.15, 0.2) is 29.4 Å². The van der Waals surface area contributed by atoms with E-state index in [4.69, 9.17) is 0 Å². The van der Waals surface area contributed by atoms with Crippen molar-refractivity contribution in [2.75, 3.05) is 5.32 Å². The first-order chi connectivity index (χ1) is 10.8. The quantitative estimate of drug-likeness (QED) is 0.607. The number of benzene rings is 1. The normalized spacial score (nSPS) is 15.1. The van der Waals surface area contributed by atoms with E-state index in [1.807, 2.05) is 4.72 Å². The van der Waals surface area contributed by atoms with Gasteiger partial charge in [0.1, 0.15) is 4.90 Å².